The summed E-state index contributed by atoms with van der Waals surface area (Å²) in [5, 5.41) is 22.7. The van der Waals surface area contributed by atoms with Crippen molar-refractivity contribution in [2.24, 2.45) is 0 Å². The van der Waals surface area contributed by atoms with Gasteiger partial charge in [0.25, 0.3) is 5.69 Å². The van der Waals surface area contributed by atoms with E-state index in [-0.39, 0.29) is 23.6 Å². The van der Waals surface area contributed by atoms with Crippen LogP contribution in [0.2, 0.25) is 0 Å². The van der Waals surface area contributed by atoms with Crippen LogP contribution >= 0.6 is 0 Å². The SMILES string of the molecule is N#CCc1c([N+](=O)[O-])ccc2nc(-c3ccccc3)oc12.O=C1Cc2c(ccc3nc(-c4ccccc4)oc23)N1. The lowest BCUT2D eigenvalue weighted by Gasteiger charge is -1.98. The first-order chi connectivity index (χ1) is 19.5. The fraction of sp³-hybridized carbons (Fsp3) is 0.0667. The van der Waals surface area contributed by atoms with Crippen LogP contribution in [0, 0.1) is 21.4 Å². The molecule has 1 aliphatic rings. The zero-order valence-corrected chi connectivity index (χ0v) is 20.8. The Labute approximate surface area is 226 Å². The van der Waals surface area contributed by atoms with Crippen molar-refractivity contribution in [1.29, 1.82) is 5.26 Å². The molecule has 0 unspecified atom stereocenters. The van der Waals surface area contributed by atoms with Crippen molar-refractivity contribution in [3.63, 3.8) is 0 Å². The molecule has 40 heavy (non-hydrogen) atoms. The van der Waals surface area contributed by atoms with Crippen molar-refractivity contribution < 1.29 is 18.6 Å². The van der Waals surface area contributed by atoms with Crippen LogP contribution in [0.5, 0.6) is 0 Å². The number of nitrogens with one attached hydrogen (secondary N) is 1. The summed E-state index contributed by atoms with van der Waals surface area (Å²) >= 11 is 0. The fourth-order valence-electron chi connectivity index (χ4n) is 4.56. The molecule has 10 nitrogen and oxygen atoms in total. The van der Waals surface area contributed by atoms with Crippen molar-refractivity contribution in [2.75, 3.05) is 5.32 Å². The van der Waals surface area contributed by atoms with Gasteiger partial charge in [-0.25, -0.2) is 9.97 Å². The molecule has 194 valence electrons. The molecule has 3 heterocycles. The number of hydrogen-bond acceptors (Lipinski definition) is 8. The first kappa shape index (κ1) is 24.5. The molecular weight excluding hydrogens is 510 g/mol. The smallest absolute Gasteiger partial charge is 0.277 e. The van der Waals surface area contributed by atoms with Crippen molar-refractivity contribution in [2.45, 2.75) is 12.8 Å². The van der Waals surface area contributed by atoms with Crippen molar-refractivity contribution in [3.05, 3.63) is 106 Å². The number of hydrogen-bond donors (Lipinski definition) is 1. The molecular formula is C30H19N5O5. The number of fused-ring (bicyclic) bond motifs is 4. The van der Waals surface area contributed by atoms with E-state index in [4.69, 9.17) is 14.1 Å². The maximum Gasteiger partial charge on any atom is 0.277 e. The van der Waals surface area contributed by atoms with Gasteiger partial charge < -0.3 is 14.2 Å². The third-order valence-electron chi connectivity index (χ3n) is 6.40. The van der Waals surface area contributed by atoms with E-state index in [0.29, 0.717) is 34.9 Å². The minimum atomic E-state index is -0.517. The monoisotopic (exact) mass is 529 g/mol. The number of nitro groups is 1. The number of aromatic nitrogens is 2. The van der Waals surface area contributed by atoms with Gasteiger partial charge in [0.15, 0.2) is 11.2 Å². The van der Waals surface area contributed by atoms with Crippen LogP contribution in [0.4, 0.5) is 11.4 Å². The van der Waals surface area contributed by atoms with Crippen LogP contribution < -0.4 is 5.32 Å². The van der Waals surface area contributed by atoms with Gasteiger partial charge in [-0.3, -0.25) is 14.9 Å². The van der Waals surface area contributed by atoms with Gasteiger partial charge in [0.2, 0.25) is 17.7 Å². The quantitative estimate of drug-likeness (QED) is 0.202. The summed E-state index contributed by atoms with van der Waals surface area (Å²) in [5.74, 6) is 0.966. The third-order valence-corrected chi connectivity index (χ3v) is 6.40. The molecule has 0 spiro atoms. The zero-order valence-electron chi connectivity index (χ0n) is 20.8. The van der Waals surface area contributed by atoms with Gasteiger partial charge in [0.1, 0.15) is 11.0 Å². The lowest BCUT2D eigenvalue weighted by molar-refractivity contribution is -0.385. The average molecular weight is 530 g/mol. The number of carbonyl (C=O) groups excluding carboxylic acids is 1. The van der Waals surface area contributed by atoms with Crippen LogP contribution in [0.25, 0.3) is 45.1 Å². The van der Waals surface area contributed by atoms with Gasteiger partial charge in [-0.1, -0.05) is 36.4 Å². The Morgan fingerprint density at radius 1 is 0.850 bits per heavy atom. The number of nitriles is 1. The number of carbonyl (C=O) groups is 1. The minimum Gasteiger partial charge on any atom is -0.436 e. The molecule has 6 aromatic rings. The number of amides is 1. The van der Waals surface area contributed by atoms with E-state index in [1.54, 1.807) is 0 Å². The number of nitro benzene ring substituents is 1. The first-order valence-electron chi connectivity index (χ1n) is 12.3. The number of benzene rings is 4. The summed E-state index contributed by atoms with van der Waals surface area (Å²) in [6.07, 6.45) is 0.257. The standard InChI is InChI=1S/C15H9N3O3.C15H10N2O2/c16-9-8-11-13(18(19)20)7-6-12-14(11)21-15(17-12)10-4-2-1-3-5-10;18-13-8-10-11(16-13)6-7-12-14(10)19-15(17-12)9-4-2-1-3-5-9/h1-7H,8H2;1-7H,8H2,(H,16,18). The first-order valence-corrected chi connectivity index (χ1v) is 12.3. The Morgan fingerprint density at radius 3 is 2.02 bits per heavy atom. The molecule has 0 radical (unpaired) electrons. The van der Waals surface area contributed by atoms with E-state index >= 15 is 0 Å². The van der Waals surface area contributed by atoms with Crippen molar-refractivity contribution in [1.82, 2.24) is 9.97 Å². The third kappa shape index (κ3) is 4.52. The van der Waals surface area contributed by atoms with Gasteiger partial charge in [0, 0.05) is 28.4 Å². The maximum absolute atomic E-state index is 11.4. The van der Waals surface area contributed by atoms with Gasteiger partial charge in [-0.2, -0.15) is 5.26 Å². The molecule has 1 N–H and O–H groups in total. The number of anilines is 1. The molecule has 7 rings (SSSR count). The lowest BCUT2D eigenvalue weighted by atomic mass is 10.1. The molecule has 0 atom stereocenters. The molecule has 1 aliphatic heterocycles. The molecule has 0 saturated heterocycles. The van der Waals surface area contributed by atoms with Gasteiger partial charge in [-0.05, 0) is 42.5 Å². The second-order valence-electron chi connectivity index (χ2n) is 8.94. The Balaban J connectivity index is 0.000000145. The van der Waals surface area contributed by atoms with Gasteiger partial charge >= 0.3 is 0 Å². The second-order valence-corrected chi connectivity index (χ2v) is 8.94. The molecule has 1 amide bonds. The highest BCUT2D eigenvalue weighted by Gasteiger charge is 2.24. The topological polar surface area (TPSA) is 148 Å². The summed E-state index contributed by atoms with van der Waals surface area (Å²) < 4.78 is 11.5. The molecule has 2 aromatic heterocycles. The van der Waals surface area contributed by atoms with E-state index in [2.05, 4.69) is 15.3 Å². The van der Waals surface area contributed by atoms with Crippen LogP contribution in [0.1, 0.15) is 11.1 Å². The number of rotatable bonds is 4. The van der Waals surface area contributed by atoms with Gasteiger partial charge in [0.05, 0.1) is 29.4 Å². The molecule has 0 bridgehead atoms. The maximum atomic E-state index is 11.4. The predicted octanol–water partition coefficient (Wildman–Crippen LogP) is 6.46. The van der Waals surface area contributed by atoms with Gasteiger partial charge in [-0.15, -0.1) is 0 Å². The molecule has 0 fully saturated rings. The highest BCUT2D eigenvalue weighted by molar-refractivity contribution is 6.04. The Morgan fingerprint density at radius 2 is 1.43 bits per heavy atom. The Bertz CT molecular complexity index is 1940. The Hall–Kier alpha value is -5.82. The minimum absolute atomic E-state index is 0.000149. The molecule has 0 aliphatic carbocycles. The van der Waals surface area contributed by atoms with E-state index in [9.17, 15) is 14.9 Å². The summed E-state index contributed by atoms with van der Waals surface area (Å²) in [4.78, 5) is 30.8. The highest BCUT2D eigenvalue weighted by Crippen LogP contribution is 2.34. The van der Waals surface area contributed by atoms with Crippen LogP contribution in [-0.2, 0) is 17.6 Å². The fourth-order valence-corrected chi connectivity index (χ4v) is 4.56. The summed E-state index contributed by atoms with van der Waals surface area (Å²) in [6, 6.07) is 27.5. The normalized spacial score (nSPS) is 11.9. The van der Waals surface area contributed by atoms with E-state index in [0.717, 1.165) is 27.9 Å². The lowest BCUT2D eigenvalue weighted by Crippen LogP contribution is -2.03. The largest absolute Gasteiger partial charge is 0.436 e. The van der Waals surface area contributed by atoms with E-state index < -0.39 is 4.92 Å². The molecule has 10 heteroatoms. The number of nitrogens with zero attached hydrogens (tertiary/aromatic N) is 4. The van der Waals surface area contributed by atoms with Crippen LogP contribution in [-0.4, -0.2) is 20.8 Å². The highest BCUT2D eigenvalue weighted by atomic mass is 16.6. The summed E-state index contributed by atoms with van der Waals surface area (Å²) in [6.45, 7) is 0. The number of oxazole rings is 2. The molecule has 4 aromatic carbocycles. The van der Waals surface area contributed by atoms with Crippen LogP contribution in [0.3, 0.4) is 0 Å². The second kappa shape index (κ2) is 10.2. The molecule has 0 saturated carbocycles. The average Bonchev–Trinajstić information content (AvgIpc) is 3.70. The summed E-state index contributed by atoms with van der Waals surface area (Å²) in [5.41, 5.74) is 5.86. The van der Waals surface area contributed by atoms with Crippen molar-refractivity contribution in [3.8, 4) is 29.0 Å². The van der Waals surface area contributed by atoms with E-state index in [1.807, 2.05) is 78.9 Å². The Kier molecular flexibility index (Phi) is 6.22. The predicted molar refractivity (Wildman–Crippen MR) is 147 cm³/mol. The van der Waals surface area contributed by atoms with Crippen LogP contribution in [0.15, 0.2) is 93.8 Å². The zero-order chi connectivity index (χ0) is 27.6. The van der Waals surface area contributed by atoms with Crippen molar-refractivity contribution >= 4 is 39.5 Å². The van der Waals surface area contributed by atoms with E-state index in [1.165, 1.54) is 12.1 Å². The summed E-state index contributed by atoms with van der Waals surface area (Å²) in [7, 11) is 0.